The Morgan fingerprint density at radius 1 is 0.338 bits per heavy atom. The SMILES string of the molecule is CCCCCCCCC1(CCCCCCCC)c2cc(C)ccc2-c2ccc(-c3ccc(-c4ccc5c(c4)C(CCCCCCCC)(CCCCCCCC)c4cc(-c6cc7sc(C)cc7s6)ccc4-5)c4nsnc34)cc21. The predicted octanol–water partition coefficient (Wildman–Crippen LogP) is 24.1. The second-order valence-corrected chi connectivity index (χ2v) is 26.8. The molecule has 5 heteroatoms. The van der Waals surface area contributed by atoms with E-state index < -0.39 is 0 Å². The van der Waals surface area contributed by atoms with Gasteiger partial charge in [-0.15, -0.1) is 22.7 Å². The van der Waals surface area contributed by atoms with Gasteiger partial charge < -0.3 is 0 Å². The summed E-state index contributed by atoms with van der Waals surface area (Å²) in [6.07, 6.45) is 36.6. The Labute approximate surface area is 477 Å². The highest BCUT2D eigenvalue weighted by atomic mass is 32.1. The Morgan fingerprint density at radius 2 is 0.688 bits per heavy atom. The number of benzene rings is 5. The molecule has 0 saturated heterocycles. The summed E-state index contributed by atoms with van der Waals surface area (Å²) in [5.74, 6) is 0. The standard InChI is InChI=1S/C72H90N2S3/c1-7-11-15-19-23-27-41-71(42-28-24-20-16-12-8-2)62-45-51(5)31-35-58(62)59-36-32-53(47-63(59)71)56-39-40-57(70-69(56)73-77-74-70)54-33-37-60-61-38-34-55(66-50-68-67(76-66)46-52(6)75-68)49-65(61)72(64(60)48-54,43-29-25-21-17-13-9-3)44-30-26-22-18-14-10-4/h31-40,45-50H,7-30,41-44H2,1-6H3. The van der Waals surface area contributed by atoms with Crippen molar-refractivity contribution in [3.05, 3.63) is 130 Å². The first-order chi connectivity index (χ1) is 37.8. The molecule has 0 saturated carbocycles. The fourth-order valence-electron chi connectivity index (χ4n) is 14.2. The van der Waals surface area contributed by atoms with Gasteiger partial charge in [0.25, 0.3) is 0 Å². The average molecular weight is 1080 g/mol. The monoisotopic (exact) mass is 1080 g/mol. The van der Waals surface area contributed by atoms with Gasteiger partial charge in [0, 0.05) is 41.1 Å². The second kappa shape index (κ2) is 26.2. The zero-order chi connectivity index (χ0) is 53.2. The van der Waals surface area contributed by atoms with Crippen LogP contribution in [0.5, 0.6) is 0 Å². The van der Waals surface area contributed by atoms with E-state index in [1.165, 1.54) is 266 Å². The lowest BCUT2D eigenvalue weighted by molar-refractivity contribution is 0.398. The van der Waals surface area contributed by atoms with Crippen molar-refractivity contribution in [2.75, 3.05) is 0 Å². The fraction of sp³-hybridized carbons (Fsp3) is 0.500. The number of hydrogen-bond donors (Lipinski definition) is 0. The van der Waals surface area contributed by atoms with Crippen LogP contribution in [0.2, 0.25) is 0 Å². The van der Waals surface area contributed by atoms with E-state index in [9.17, 15) is 0 Å². The highest BCUT2D eigenvalue weighted by molar-refractivity contribution is 7.29. The maximum absolute atomic E-state index is 5.20. The third-order valence-electron chi connectivity index (χ3n) is 18.4. The van der Waals surface area contributed by atoms with Crippen LogP contribution in [0.4, 0.5) is 0 Å². The Bertz CT molecular complexity index is 3150. The topological polar surface area (TPSA) is 25.8 Å². The molecule has 10 rings (SSSR count). The Morgan fingerprint density at radius 3 is 1.12 bits per heavy atom. The molecule has 2 aliphatic rings. The van der Waals surface area contributed by atoms with Gasteiger partial charge in [-0.2, -0.15) is 8.75 Å². The highest BCUT2D eigenvalue weighted by Gasteiger charge is 2.44. The van der Waals surface area contributed by atoms with Crippen LogP contribution in [-0.2, 0) is 10.8 Å². The molecule has 0 N–H and O–H groups in total. The third kappa shape index (κ3) is 11.9. The molecule has 406 valence electrons. The molecule has 77 heavy (non-hydrogen) atoms. The van der Waals surface area contributed by atoms with Crippen molar-refractivity contribution in [3.8, 4) is 54.9 Å². The molecule has 8 aromatic rings. The number of aromatic nitrogens is 2. The van der Waals surface area contributed by atoms with Crippen molar-refractivity contribution in [2.45, 2.75) is 232 Å². The fourth-order valence-corrected chi connectivity index (χ4v) is 17.1. The van der Waals surface area contributed by atoms with Gasteiger partial charge in [0.1, 0.15) is 11.0 Å². The molecule has 0 atom stereocenters. The van der Waals surface area contributed by atoms with E-state index in [-0.39, 0.29) is 10.8 Å². The second-order valence-electron chi connectivity index (χ2n) is 23.9. The van der Waals surface area contributed by atoms with E-state index >= 15 is 0 Å². The molecule has 0 bridgehead atoms. The Kier molecular flexibility index (Phi) is 19.0. The van der Waals surface area contributed by atoms with Gasteiger partial charge in [0.05, 0.1) is 11.7 Å². The van der Waals surface area contributed by atoms with E-state index in [0.29, 0.717) is 0 Å². The van der Waals surface area contributed by atoms with Crippen LogP contribution in [0.25, 0.3) is 75.4 Å². The molecular formula is C72H90N2S3. The largest absolute Gasteiger partial charge is 0.172 e. The molecule has 0 radical (unpaired) electrons. The van der Waals surface area contributed by atoms with Crippen LogP contribution < -0.4 is 0 Å². The zero-order valence-electron chi connectivity index (χ0n) is 48.2. The number of rotatable bonds is 31. The maximum Gasteiger partial charge on any atom is 0.113 e. The van der Waals surface area contributed by atoms with Crippen molar-refractivity contribution >= 4 is 54.8 Å². The minimum atomic E-state index is -0.0329. The quantitative estimate of drug-likeness (QED) is 0.0405. The van der Waals surface area contributed by atoms with Crippen LogP contribution in [0.15, 0.2) is 97.1 Å². The van der Waals surface area contributed by atoms with E-state index in [0.717, 1.165) is 11.0 Å². The maximum atomic E-state index is 5.20. The van der Waals surface area contributed by atoms with Gasteiger partial charge in [-0.25, -0.2) is 0 Å². The number of nitrogens with zero attached hydrogens (tertiary/aromatic N) is 2. The molecule has 5 aromatic carbocycles. The van der Waals surface area contributed by atoms with Crippen LogP contribution in [0.3, 0.4) is 0 Å². The number of fused-ring (bicyclic) bond motifs is 8. The molecule has 0 unspecified atom stereocenters. The summed E-state index contributed by atoms with van der Waals surface area (Å²) < 4.78 is 13.2. The molecule has 0 aliphatic heterocycles. The van der Waals surface area contributed by atoms with Gasteiger partial charge in [-0.1, -0.05) is 254 Å². The predicted molar refractivity (Wildman–Crippen MR) is 341 cm³/mol. The average Bonchev–Trinajstić information content (AvgIpc) is 4.31. The van der Waals surface area contributed by atoms with E-state index in [4.69, 9.17) is 8.75 Å². The first kappa shape index (κ1) is 55.9. The van der Waals surface area contributed by atoms with Crippen LogP contribution in [0, 0.1) is 13.8 Å². The number of hydrogen-bond acceptors (Lipinski definition) is 5. The van der Waals surface area contributed by atoms with Crippen LogP contribution in [-0.4, -0.2) is 8.75 Å². The summed E-state index contributed by atoms with van der Waals surface area (Å²) in [7, 11) is 0. The molecule has 2 aliphatic carbocycles. The Hall–Kier alpha value is -4.42. The van der Waals surface area contributed by atoms with Crippen molar-refractivity contribution in [1.82, 2.24) is 8.75 Å². The number of thiophene rings is 2. The molecule has 3 aromatic heterocycles. The van der Waals surface area contributed by atoms with Crippen LogP contribution >= 0.6 is 34.4 Å². The van der Waals surface area contributed by atoms with Gasteiger partial charge in [0.15, 0.2) is 0 Å². The lowest BCUT2D eigenvalue weighted by Gasteiger charge is -2.33. The number of unbranched alkanes of at least 4 members (excludes halogenated alkanes) is 20. The molecular weight excluding hydrogens is 989 g/mol. The van der Waals surface area contributed by atoms with Crippen molar-refractivity contribution in [1.29, 1.82) is 0 Å². The summed E-state index contributed by atoms with van der Waals surface area (Å²) in [5, 5.41) is 0. The lowest BCUT2D eigenvalue weighted by atomic mass is 9.70. The molecule has 0 fully saturated rings. The third-order valence-corrected chi connectivity index (χ3v) is 21.1. The minimum absolute atomic E-state index is 0.0290. The normalized spacial score (nSPS) is 13.9. The van der Waals surface area contributed by atoms with E-state index in [1.54, 1.807) is 22.3 Å². The van der Waals surface area contributed by atoms with Crippen molar-refractivity contribution in [2.24, 2.45) is 0 Å². The lowest BCUT2D eigenvalue weighted by Crippen LogP contribution is -2.25. The molecule has 0 amide bonds. The zero-order valence-corrected chi connectivity index (χ0v) is 50.6. The summed E-state index contributed by atoms with van der Waals surface area (Å²) in [6.45, 7) is 13.9. The summed E-state index contributed by atoms with van der Waals surface area (Å²) in [5.41, 5.74) is 21.9. The summed E-state index contributed by atoms with van der Waals surface area (Å²) in [6, 6.07) is 39.6. The van der Waals surface area contributed by atoms with Crippen LogP contribution in [0.1, 0.15) is 240 Å². The van der Waals surface area contributed by atoms with Gasteiger partial charge in [-0.3, -0.25) is 0 Å². The minimum Gasteiger partial charge on any atom is -0.172 e. The van der Waals surface area contributed by atoms with E-state index in [2.05, 4.69) is 139 Å². The highest BCUT2D eigenvalue weighted by Crippen LogP contribution is 2.58. The molecule has 0 spiro atoms. The van der Waals surface area contributed by atoms with Gasteiger partial charge in [-0.05, 0) is 131 Å². The Balaban J connectivity index is 1.03. The van der Waals surface area contributed by atoms with Crippen molar-refractivity contribution in [3.63, 3.8) is 0 Å². The van der Waals surface area contributed by atoms with Crippen molar-refractivity contribution < 1.29 is 0 Å². The first-order valence-corrected chi connectivity index (χ1v) is 33.5. The first-order valence-electron chi connectivity index (χ1n) is 31.1. The van der Waals surface area contributed by atoms with E-state index in [1.807, 2.05) is 22.7 Å². The van der Waals surface area contributed by atoms with Gasteiger partial charge >= 0.3 is 0 Å². The summed E-state index contributed by atoms with van der Waals surface area (Å²) in [4.78, 5) is 2.81. The van der Waals surface area contributed by atoms with Gasteiger partial charge in [0.2, 0.25) is 0 Å². The molecule has 3 heterocycles. The molecule has 2 nitrogen and oxygen atoms in total. The summed E-state index contributed by atoms with van der Waals surface area (Å²) >= 11 is 5.29. The smallest absolute Gasteiger partial charge is 0.113 e. The number of aryl methyl sites for hydroxylation is 2.